The lowest BCUT2D eigenvalue weighted by molar-refractivity contribution is -0.116. The minimum atomic E-state index is -0.418. The fraction of sp³-hybridized carbons (Fsp3) is 0.222. The number of ketones is 1. The second kappa shape index (κ2) is 8.48. The largest absolute Gasteiger partial charge is 0.495 e. The van der Waals surface area contributed by atoms with Crippen molar-refractivity contribution < 1.29 is 23.5 Å². The van der Waals surface area contributed by atoms with Crippen molar-refractivity contribution in [3.8, 4) is 11.5 Å². The predicted molar refractivity (Wildman–Crippen MR) is 93.2 cm³/mol. The van der Waals surface area contributed by atoms with E-state index in [2.05, 4.69) is 5.32 Å². The van der Waals surface area contributed by atoms with E-state index in [0.717, 1.165) is 0 Å². The monoisotopic (exact) mass is 365 g/mol. The van der Waals surface area contributed by atoms with Gasteiger partial charge in [0, 0.05) is 30.5 Å². The summed E-state index contributed by atoms with van der Waals surface area (Å²) in [5.74, 6) is -0.254. The molecule has 2 rings (SSSR count). The van der Waals surface area contributed by atoms with Crippen LogP contribution in [0.25, 0.3) is 0 Å². The van der Waals surface area contributed by atoms with Gasteiger partial charge in [-0.2, -0.15) is 0 Å². The van der Waals surface area contributed by atoms with Crippen molar-refractivity contribution in [1.29, 1.82) is 0 Å². The summed E-state index contributed by atoms with van der Waals surface area (Å²) in [4.78, 5) is 24.1. The first kappa shape index (κ1) is 18.7. The van der Waals surface area contributed by atoms with Crippen LogP contribution in [0, 0.1) is 5.82 Å². The Morgan fingerprint density at radius 1 is 1.04 bits per heavy atom. The minimum Gasteiger partial charge on any atom is -0.495 e. The second-order valence-electron chi connectivity index (χ2n) is 5.17. The summed E-state index contributed by atoms with van der Waals surface area (Å²) in [6.07, 6.45) is -0.0190. The molecule has 0 saturated heterocycles. The van der Waals surface area contributed by atoms with Gasteiger partial charge in [-0.15, -0.1) is 0 Å². The number of rotatable bonds is 7. The predicted octanol–water partition coefficient (Wildman–Crippen LogP) is 4.10. The SMILES string of the molecule is COc1cc(NC(=O)CCC(=O)c2ccc(F)cc2)c(OC)cc1Cl. The van der Waals surface area contributed by atoms with Gasteiger partial charge in [0.15, 0.2) is 5.78 Å². The molecular formula is C18H17ClFNO4. The number of ether oxygens (including phenoxy) is 2. The number of benzene rings is 2. The van der Waals surface area contributed by atoms with Gasteiger partial charge in [0.1, 0.15) is 17.3 Å². The smallest absolute Gasteiger partial charge is 0.224 e. The molecule has 0 saturated carbocycles. The minimum absolute atomic E-state index is 0.00447. The number of Topliss-reactive ketones (excluding diaryl/α,β-unsaturated/α-hetero) is 1. The van der Waals surface area contributed by atoms with Gasteiger partial charge in [-0.05, 0) is 24.3 Å². The average molecular weight is 366 g/mol. The quantitative estimate of drug-likeness (QED) is 0.750. The Hall–Kier alpha value is -2.60. The van der Waals surface area contributed by atoms with Gasteiger partial charge in [-0.3, -0.25) is 9.59 Å². The third-order valence-electron chi connectivity index (χ3n) is 3.49. The maximum atomic E-state index is 12.9. The summed E-state index contributed by atoms with van der Waals surface area (Å²) in [5.41, 5.74) is 0.753. The van der Waals surface area contributed by atoms with Gasteiger partial charge in [0.05, 0.1) is 24.9 Å². The summed E-state index contributed by atoms with van der Waals surface area (Å²) in [5, 5.41) is 3.02. The maximum Gasteiger partial charge on any atom is 0.224 e. The van der Waals surface area contributed by atoms with E-state index in [1.54, 1.807) is 6.07 Å². The van der Waals surface area contributed by atoms with E-state index in [-0.39, 0.29) is 24.5 Å². The third-order valence-corrected chi connectivity index (χ3v) is 3.79. The maximum absolute atomic E-state index is 12.9. The number of hydrogen-bond acceptors (Lipinski definition) is 4. The highest BCUT2D eigenvalue weighted by Gasteiger charge is 2.14. The molecule has 2 aromatic rings. The van der Waals surface area contributed by atoms with Crippen LogP contribution in [0.2, 0.25) is 5.02 Å². The summed E-state index contributed by atoms with van der Waals surface area (Å²) >= 11 is 6.01. The molecule has 2 aromatic carbocycles. The van der Waals surface area contributed by atoms with Crippen LogP contribution in [-0.2, 0) is 4.79 Å². The van der Waals surface area contributed by atoms with E-state index in [4.69, 9.17) is 21.1 Å². The van der Waals surface area contributed by atoms with Gasteiger partial charge in [0.2, 0.25) is 5.91 Å². The van der Waals surface area contributed by atoms with Crippen molar-refractivity contribution in [1.82, 2.24) is 0 Å². The Labute approximate surface area is 149 Å². The van der Waals surface area contributed by atoms with E-state index in [1.807, 2.05) is 0 Å². The molecule has 0 fully saturated rings. The zero-order valence-corrected chi connectivity index (χ0v) is 14.5. The number of amides is 1. The molecule has 25 heavy (non-hydrogen) atoms. The third kappa shape index (κ3) is 4.93. The van der Waals surface area contributed by atoms with Crippen molar-refractivity contribution in [3.63, 3.8) is 0 Å². The molecule has 5 nitrogen and oxygen atoms in total. The fourth-order valence-corrected chi connectivity index (χ4v) is 2.41. The molecular weight excluding hydrogens is 349 g/mol. The second-order valence-corrected chi connectivity index (χ2v) is 5.57. The zero-order chi connectivity index (χ0) is 18.4. The van der Waals surface area contributed by atoms with Crippen molar-refractivity contribution in [3.05, 3.63) is 52.8 Å². The number of nitrogens with one attached hydrogen (secondary N) is 1. The summed E-state index contributed by atoms with van der Waals surface area (Å²) in [7, 11) is 2.91. The highest BCUT2D eigenvalue weighted by atomic mass is 35.5. The van der Waals surface area contributed by atoms with Gasteiger partial charge in [0.25, 0.3) is 0 Å². The van der Waals surface area contributed by atoms with Crippen molar-refractivity contribution in [2.45, 2.75) is 12.8 Å². The topological polar surface area (TPSA) is 64.6 Å². The van der Waals surface area contributed by atoms with E-state index in [9.17, 15) is 14.0 Å². The van der Waals surface area contributed by atoms with Crippen LogP contribution >= 0.6 is 11.6 Å². The van der Waals surface area contributed by atoms with Gasteiger partial charge in [-0.25, -0.2) is 4.39 Å². The number of hydrogen-bond donors (Lipinski definition) is 1. The standard InChI is InChI=1S/C18H17ClFNO4/c1-24-16-10-14(17(25-2)9-13(16)19)21-18(23)8-7-15(22)11-3-5-12(20)6-4-11/h3-6,9-10H,7-8H2,1-2H3,(H,21,23). The first-order valence-electron chi connectivity index (χ1n) is 7.44. The number of anilines is 1. The van der Waals surface area contributed by atoms with Crippen molar-refractivity contribution in [2.24, 2.45) is 0 Å². The molecule has 132 valence electrons. The first-order chi connectivity index (χ1) is 11.9. The molecule has 1 amide bonds. The Kier molecular flexibility index (Phi) is 6.36. The van der Waals surface area contributed by atoms with E-state index >= 15 is 0 Å². The summed E-state index contributed by atoms with van der Waals surface area (Å²) < 4.78 is 23.1. The Bertz CT molecular complexity index is 777. The summed E-state index contributed by atoms with van der Waals surface area (Å²) in [6, 6.07) is 8.27. The van der Waals surface area contributed by atoms with Crippen molar-refractivity contribution >= 4 is 29.0 Å². The molecule has 0 aromatic heterocycles. The molecule has 0 radical (unpaired) electrons. The van der Waals surface area contributed by atoms with Crippen LogP contribution in [0.3, 0.4) is 0 Å². The summed E-state index contributed by atoms with van der Waals surface area (Å²) in [6.45, 7) is 0. The van der Waals surface area contributed by atoms with Crippen LogP contribution < -0.4 is 14.8 Å². The van der Waals surface area contributed by atoms with Gasteiger partial charge < -0.3 is 14.8 Å². The Morgan fingerprint density at radius 3 is 2.28 bits per heavy atom. The van der Waals surface area contributed by atoms with Crippen LogP contribution in [-0.4, -0.2) is 25.9 Å². The fourth-order valence-electron chi connectivity index (χ4n) is 2.18. The normalized spacial score (nSPS) is 10.2. The molecule has 0 atom stereocenters. The van der Waals surface area contributed by atoms with Crippen LogP contribution in [0.4, 0.5) is 10.1 Å². The molecule has 0 heterocycles. The number of halogens is 2. The van der Waals surface area contributed by atoms with E-state index in [1.165, 1.54) is 44.6 Å². The molecule has 7 heteroatoms. The molecule has 1 N–H and O–H groups in total. The van der Waals surface area contributed by atoms with E-state index in [0.29, 0.717) is 27.8 Å². The lowest BCUT2D eigenvalue weighted by Gasteiger charge is -2.13. The lowest BCUT2D eigenvalue weighted by Crippen LogP contribution is -2.14. The van der Waals surface area contributed by atoms with Crippen molar-refractivity contribution in [2.75, 3.05) is 19.5 Å². The molecule has 0 aliphatic carbocycles. The number of methoxy groups -OCH3 is 2. The number of carbonyl (C=O) groups excluding carboxylic acids is 2. The lowest BCUT2D eigenvalue weighted by atomic mass is 10.1. The van der Waals surface area contributed by atoms with Crippen LogP contribution in [0.1, 0.15) is 23.2 Å². The van der Waals surface area contributed by atoms with E-state index < -0.39 is 5.82 Å². The molecule has 0 unspecified atom stereocenters. The highest BCUT2D eigenvalue weighted by Crippen LogP contribution is 2.35. The molecule has 0 spiro atoms. The van der Waals surface area contributed by atoms with Crippen LogP contribution in [0.5, 0.6) is 11.5 Å². The average Bonchev–Trinajstić information content (AvgIpc) is 2.61. The molecule has 0 bridgehead atoms. The van der Waals surface area contributed by atoms with Crippen LogP contribution in [0.15, 0.2) is 36.4 Å². The van der Waals surface area contributed by atoms with Gasteiger partial charge in [-0.1, -0.05) is 11.6 Å². The Morgan fingerprint density at radius 2 is 1.68 bits per heavy atom. The Balaban J connectivity index is 2.00. The van der Waals surface area contributed by atoms with Gasteiger partial charge >= 0.3 is 0 Å². The zero-order valence-electron chi connectivity index (χ0n) is 13.8. The number of carbonyl (C=O) groups is 2. The molecule has 0 aliphatic rings. The first-order valence-corrected chi connectivity index (χ1v) is 7.82. The molecule has 0 aliphatic heterocycles. The highest BCUT2D eigenvalue weighted by molar-refractivity contribution is 6.32.